The number of nitriles is 1. The summed E-state index contributed by atoms with van der Waals surface area (Å²) in [6, 6.07) is 12.3. The van der Waals surface area contributed by atoms with E-state index in [-0.39, 0.29) is 18.2 Å². The van der Waals surface area contributed by atoms with E-state index in [4.69, 9.17) is 14.7 Å². The van der Waals surface area contributed by atoms with Crippen LogP contribution in [0.25, 0.3) is 6.08 Å². The van der Waals surface area contributed by atoms with Crippen molar-refractivity contribution in [2.45, 2.75) is 0 Å². The molecule has 5 heteroatoms. The lowest BCUT2D eigenvalue weighted by molar-refractivity contribution is 0.104. The van der Waals surface area contributed by atoms with E-state index in [1.807, 2.05) is 6.07 Å². The minimum absolute atomic E-state index is 0.0748. The highest BCUT2D eigenvalue weighted by molar-refractivity contribution is 6.06. The van der Waals surface area contributed by atoms with Crippen molar-refractivity contribution in [3.8, 4) is 17.6 Å². The van der Waals surface area contributed by atoms with Crippen molar-refractivity contribution in [2.75, 3.05) is 13.7 Å². The Kier molecular flexibility index (Phi) is 5.48. The topological polar surface area (TPSA) is 59.3 Å². The number of carbonyl (C=O) groups is 1. The molecule has 116 valence electrons. The second-order valence-corrected chi connectivity index (χ2v) is 4.56. The number of benzene rings is 2. The largest absolute Gasteiger partial charge is 0.493 e. The average molecular weight is 311 g/mol. The van der Waals surface area contributed by atoms with Crippen LogP contribution in [0.3, 0.4) is 0 Å². The molecule has 0 aromatic heterocycles. The molecule has 23 heavy (non-hydrogen) atoms. The number of rotatable bonds is 6. The summed E-state index contributed by atoms with van der Waals surface area (Å²) in [6.45, 7) is -0.0748. The maximum atomic E-state index is 12.8. The highest BCUT2D eigenvalue weighted by atomic mass is 19.1. The van der Waals surface area contributed by atoms with Crippen LogP contribution < -0.4 is 9.47 Å². The van der Waals surface area contributed by atoms with E-state index in [2.05, 4.69) is 0 Å². The molecular formula is C18H14FNO3. The molecule has 0 N–H and O–H groups in total. The molecule has 2 aromatic rings. The molecule has 0 fully saturated rings. The predicted octanol–water partition coefficient (Wildman–Crippen LogP) is 3.63. The molecule has 0 saturated carbocycles. The lowest BCUT2D eigenvalue weighted by atomic mass is 10.1. The summed E-state index contributed by atoms with van der Waals surface area (Å²) < 4.78 is 23.3. The van der Waals surface area contributed by atoms with Gasteiger partial charge in [0.1, 0.15) is 11.9 Å². The van der Waals surface area contributed by atoms with Gasteiger partial charge in [-0.25, -0.2) is 4.39 Å². The number of nitrogens with zero attached hydrogens (tertiary/aromatic N) is 1. The molecule has 4 nitrogen and oxygen atoms in total. The van der Waals surface area contributed by atoms with Crippen molar-refractivity contribution >= 4 is 11.9 Å². The molecule has 2 rings (SSSR count). The fraction of sp³-hybridized carbons (Fsp3) is 0.111. The standard InChI is InChI=1S/C18H14FNO3/c1-22-18-12-13(3-9-17(18)23-11-10-20)2-8-16(21)14-4-6-15(19)7-5-14/h2-9,12H,11H2,1H3/b8-2+. The number of halogens is 1. The van der Waals surface area contributed by atoms with Gasteiger partial charge in [0.2, 0.25) is 0 Å². The SMILES string of the molecule is COc1cc(/C=C/C(=O)c2ccc(F)cc2)ccc1OCC#N. The van der Waals surface area contributed by atoms with Crippen LogP contribution in [0, 0.1) is 17.1 Å². The average Bonchev–Trinajstić information content (AvgIpc) is 2.58. The summed E-state index contributed by atoms with van der Waals surface area (Å²) in [4.78, 5) is 12.0. The zero-order valence-electron chi connectivity index (χ0n) is 12.5. The number of hydrogen-bond donors (Lipinski definition) is 0. The van der Waals surface area contributed by atoms with Crippen molar-refractivity contribution in [2.24, 2.45) is 0 Å². The third-order valence-electron chi connectivity index (χ3n) is 3.04. The number of methoxy groups -OCH3 is 1. The molecule has 0 amide bonds. The van der Waals surface area contributed by atoms with Crippen LogP contribution in [0.15, 0.2) is 48.5 Å². The van der Waals surface area contributed by atoms with Crippen LogP contribution in [0.4, 0.5) is 4.39 Å². The fourth-order valence-corrected chi connectivity index (χ4v) is 1.90. The minimum Gasteiger partial charge on any atom is -0.493 e. The first-order valence-corrected chi connectivity index (χ1v) is 6.80. The maximum Gasteiger partial charge on any atom is 0.185 e. The Morgan fingerprint density at radius 2 is 1.96 bits per heavy atom. The summed E-state index contributed by atoms with van der Waals surface area (Å²) >= 11 is 0. The van der Waals surface area contributed by atoms with Gasteiger partial charge in [-0.1, -0.05) is 12.1 Å². The molecule has 2 aromatic carbocycles. The molecule has 0 heterocycles. The lowest BCUT2D eigenvalue weighted by Gasteiger charge is -2.08. The van der Waals surface area contributed by atoms with E-state index in [1.165, 1.54) is 37.5 Å². The van der Waals surface area contributed by atoms with E-state index in [9.17, 15) is 9.18 Å². The van der Waals surface area contributed by atoms with Gasteiger partial charge in [0, 0.05) is 5.56 Å². The summed E-state index contributed by atoms with van der Waals surface area (Å²) in [5.41, 5.74) is 1.14. The van der Waals surface area contributed by atoms with Crippen LogP contribution in [0.1, 0.15) is 15.9 Å². The minimum atomic E-state index is -0.386. The molecule has 0 bridgehead atoms. The third-order valence-corrected chi connectivity index (χ3v) is 3.04. The monoisotopic (exact) mass is 311 g/mol. The maximum absolute atomic E-state index is 12.8. The van der Waals surface area contributed by atoms with Gasteiger partial charge in [-0.15, -0.1) is 0 Å². The van der Waals surface area contributed by atoms with Gasteiger partial charge in [-0.2, -0.15) is 5.26 Å². The zero-order chi connectivity index (χ0) is 16.7. The zero-order valence-corrected chi connectivity index (χ0v) is 12.5. The van der Waals surface area contributed by atoms with Gasteiger partial charge < -0.3 is 9.47 Å². The van der Waals surface area contributed by atoms with Crippen molar-refractivity contribution in [1.82, 2.24) is 0 Å². The first kappa shape index (κ1) is 16.2. The molecule has 0 saturated heterocycles. The van der Waals surface area contributed by atoms with E-state index in [1.54, 1.807) is 24.3 Å². The lowest BCUT2D eigenvalue weighted by Crippen LogP contribution is -1.97. The predicted molar refractivity (Wildman–Crippen MR) is 83.9 cm³/mol. The van der Waals surface area contributed by atoms with E-state index < -0.39 is 0 Å². The van der Waals surface area contributed by atoms with Crippen molar-refractivity contribution in [3.05, 3.63) is 65.5 Å². The van der Waals surface area contributed by atoms with Crippen molar-refractivity contribution in [3.63, 3.8) is 0 Å². The Balaban J connectivity index is 2.14. The van der Waals surface area contributed by atoms with Crippen molar-refractivity contribution < 1.29 is 18.7 Å². The molecule has 0 aliphatic rings. The molecule has 0 unspecified atom stereocenters. The van der Waals surface area contributed by atoms with E-state index in [0.29, 0.717) is 17.1 Å². The van der Waals surface area contributed by atoms with Gasteiger partial charge in [0.15, 0.2) is 23.9 Å². The van der Waals surface area contributed by atoms with Gasteiger partial charge in [-0.3, -0.25) is 4.79 Å². The number of ether oxygens (including phenoxy) is 2. The second kappa shape index (κ2) is 7.76. The summed E-state index contributed by atoms with van der Waals surface area (Å²) in [5, 5.41) is 8.53. The molecular weight excluding hydrogens is 297 g/mol. The van der Waals surface area contributed by atoms with Crippen LogP contribution in [-0.2, 0) is 0 Å². The number of hydrogen-bond acceptors (Lipinski definition) is 4. The Hall–Kier alpha value is -3.13. The van der Waals surface area contributed by atoms with Crippen LogP contribution in [0.5, 0.6) is 11.5 Å². The van der Waals surface area contributed by atoms with Gasteiger partial charge >= 0.3 is 0 Å². The normalized spacial score (nSPS) is 10.3. The number of carbonyl (C=O) groups excluding carboxylic acids is 1. The second-order valence-electron chi connectivity index (χ2n) is 4.56. The summed E-state index contributed by atoms with van der Waals surface area (Å²) in [6.07, 6.45) is 3.03. The third kappa shape index (κ3) is 4.42. The first-order chi connectivity index (χ1) is 11.1. The molecule has 0 aliphatic heterocycles. The van der Waals surface area contributed by atoms with Gasteiger partial charge in [0.25, 0.3) is 0 Å². The quantitative estimate of drug-likeness (QED) is 0.604. The molecule has 0 radical (unpaired) electrons. The smallest absolute Gasteiger partial charge is 0.185 e. The first-order valence-electron chi connectivity index (χ1n) is 6.80. The fourth-order valence-electron chi connectivity index (χ4n) is 1.90. The highest BCUT2D eigenvalue weighted by Crippen LogP contribution is 2.28. The Morgan fingerprint density at radius 1 is 1.22 bits per heavy atom. The summed E-state index contributed by atoms with van der Waals surface area (Å²) in [5.74, 6) is 0.310. The van der Waals surface area contributed by atoms with Crippen LogP contribution >= 0.6 is 0 Å². The Morgan fingerprint density at radius 3 is 2.61 bits per heavy atom. The van der Waals surface area contributed by atoms with Crippen LogP contribution in [-0.4, -0.2) is 19.5 Å². The van der Waals surface area contributed by atoms with E-state index in [0.717, 1.165) is 5.56 Å². The van der Waals surface area contributed by atoms with E-state index >= 15 is 0 Å². The van der Waals surface area contributed by atoms with Crippen LogP contribution in [0.2, 0.25) is 0 Å². The molecule has 0 aliphatic carbocycles. The summed E-state index contributed by atoms with van der Waals surface area (Å²) in [7, 11) is 1.49. The molecule has 0 spiro atoms. The number of allylic oxidation sites excluding steroid dienone is 1. The molecule has 0 atom stereocenters. The number of ketones is 1. The van der Waals surface area contributed by atoms with Gasteiger partial charge in [0.05, 0.1) is 7.11 Å². The highest BCUT2D eigenvalue weighted by Gasteiger charge is 2.05. The Bertz CT molecular complexity index is 761. The Labute approximate surface area is 133 Å². The van der Waals surface area contributed by atoms with Crippen molar-refractivity contribution in [1.29, 1.82) is 5.26 Å². The van der Waals surface area contributed by atoms with Gasteiger partial charge in [-0.05, 0) is 48.0 Å².